The molecule has 1 aromatic heterocycles. The van der Waals surface area contributed by atoms with Crippen LogP contribution in [-0.2, 0) is 13.0 Å². The molecule has 0 saturated carbocycles. The van der Waals surface area contributed by atoms with Gasteiger partial charge in [0.05, 0.1) is 13.2 Å². The van der Waals surface area contributed by atoms with Gasteiger partial charge in [-0.05, 0) is 41.9 Å². The first-order valence-electron chi connectivity index (χ1n) is 7.44. The number of para-hydroxylation sites is 1. The number of rotatable bonds is 9. The lowest BCUT2D eigenvalue weighted by Gasteiger charge is -2.16. The smallest absolute Gasteiger partial charge is 0.165 e. The molecule has 0 fully saturated rings. The molecule has 0 saturated heterocycles. The van der Waals surface area contributed by atoms with Gasteiger partial charge in [0, 0.05) is 18.5 Å². The van der Waals surface area contributed by atoms with Crippen LogP contribution in [0.4, 0.5) is 0 Å². The molecule has 114 valence electrons. The van der Waals surface area contributed by atoms with Crippen molar-refractivity contribution in [2.45, 2.75) is 26.8 Å². The van der Waals surface area contributed by atoms with Gasteiger partial charge >= 0.3 is 0 Å². The van der Waals surface area contributed by atoms with E-state index in [0.29, 0.717) is 13.2 Å². The third kappa shape index (κ3) is 4.76. The summed E-state index contributed by atoms with van der Waals surface area (Å²) in [6, 6.07) is 8.22. The molecule has 0 aliphatic carbocycles. The Kier molecular flexibility index (Phi) is 6.57. The van der Waals surface area contributed by atoms with Crippen LogP contribution in [0.3, 0.4) is 0 Å². The maximum atomic E-state index is 6.03. The van der Waals surface area contributed by atoms with Gasteiger partial charge in [-0.25, -0.2) is 0 Å². The van der Waals surface area contributed by atoms with Gasteiger partial charge in [-0.3, -0.25) is 0 Å². The summed E-state index contributed by atoms with van der Waals surface area (Å²) in [7, 11) is 0. The van der Waals surface area contributed by atoms with Crippen LogP contribution in [-0.4, -0.2) is 19.8 Å². The summed E-state index contributed by atoms with van der Waals surface area (Å²) >= 11 is 1.72. The van der Waals surface area contributed by atoms with E-state index >= 15 is 0 Å². The quantitative estimate of drug-likeness (QED) is 0.762. The van der Waals surface area contributed by atoms with Crippen LogP contribution in [0.25, 0.3) is 0 Å². The van der Waals surface area contributed by atoms with Gasteiger partial charge in [0.25, 0.3) is 0 Å². The van der Waals surface area contributed by atoms with Crippen molar-refractivity contribution in [3.05, 3.63) is 46.2 Å². The Labute approximate surface area is 130 Å². The van der Waals surface area contributed by atoms with E-state index in [1.807, 2.05) is 19.1 Å². The fourth-order valence-electron chi connectivity index (χ4n) is 2.10. The Morgan fingerprint density at radius 3 is 2.76 bits per heavy atom. The Hall–Kier alpha value is -1.52. The first-order valence-corrected chi connectivity index (χ1v) is 8.38. The average molecular weight is 305 g/mol. The normalized spacial score (nSPS) is 10.6. The molecule has 3 nitrogen and oxygen atoms in total. The molecule has 1 N–H and O–H groups in total. The molecule has 0 atom stereocenters. The van der Waals surface area contributed by atoms with Crippen molar-refractivity contribution in [2.75, 3.05) is 19.8 Å². The van der Waals surface area contributed by atoms with Crippen molar-refractivity contribution in [2.24, 2.45) is 0 Å². The largest absolute Gasteiger partial charge is 0.490 e. The molecule has 0 unspecified atom stereocenters. The van der Waals surface area contributed by atoms with E-state index in [4.69, 9.17) is 9.47 Å². The number of benzene rings is 1. The minimum atomic E-state index is 0.644. The zero-order valence-electron chi connectivity index (χ0n) is 12.7. The number of hydrogen-bond donors (Lipinski definition) is 1. The maximum Gasteiger partial charge on any atom is 0.165 e. The van der Waals surface area contributed by atoms with Crippen LogP contribution in [0.15, 0.2) is 35.0 Å². The molecule has 0 aliphatic heterocycles. The minimum absolute atomic E-state index is 0.644. The SMILES string of the molecule is CCNCc1cccc(OCC)c1OCCc1ccsc1. The second-order valence-corrected chi connectivity index (χ2v) is 5.47. The van der Waals surface area contributed by atoms with Crippen LogP contribution in [0.5, 0.6) is 11.5 Å². The van der Waals surface area contributed by atoms with Crippen LogP contribution in [0.2, 0.25) is 0 Å². The second kappa shape index (κ2) is 8.70. The Bertz CT molecular complexity index is 526. The molecular weight excluding hydrogens is 282 g/mol. The molecule has 4 heteroatoms. The van der Waals surface area contributed by atoms with Crippen LogP contribution < -0.4 is 14.8 Å². The molecule has 2 rings (SSSR count). The predicted octanol–water partition coefficient (Wildman–Crippen LogP) is 3.88. The summed E-state index contributed by atoms with van der Waals surface area (Å²) in [5, 5.41) is 7.61. The van der Waals surface area contributed by atoms with Crippen molar-refractivity contribution in [3.8, 4) is 11.5 Å². The van der Waals surface area contributed by atoms with E-state index in [-0.39, 0.29) is 0 Å². The predicted molar refractivity (Wildman–Crippen MR) is 88.5 cm³/mol. The highest BCUT2D eigenvalue weighted by atomic mass is 32.1. The third-order valence-corrected chi connectivity index (χ3v) is 3.88. The summed E-state index contributed by atoms with van der Waals surface area (Å²) in [4.78, 5) is 0. The van der Waals surface area contributed by atoms with Gasteiger partial charge in [-0.15, -0.1) is 0 Å². The number of nitrogens with one attached hydrogen (secondary N) is 1. The topological polar surface area (TPSA) is 30.5 Å². The van der Waals surface area contributed by atoms with Gasteiger partial charge in [-0.1, -0.05) is 19.1 Å². The average Bonchev–Trinajstić information content (AvgIpc) is 3.00. The van der Waals surface area contributed by atoms with E-state index in [1.54, 1.807) is 11.3 Å². The molecule has 0 bridgehead atoms. The van der Waals surface area contributed by atoms with E-state index in [0.717, 1.165) is 36.6 Å². The molecule has 21 heavy (non-hydrogen) atoms. The molecule has 1 heterocycles. The van der Waals surface area contributed by atoms with Gasteiger partial charge in [-0.2, -0.15) is 11.3 Å². The zero-order valence-corrected chi connectivity index (χ0v) is 13.5. The van der Waals surface area contributed by atoms with E-state index in [9.17, 15) is 0 Å². The monoisotopic (exact) mass is 305 g/mol. The van der Waals surface area contributed by atoms with Crippen molar-refractivity contribution in [3.63, 3.8) is 0 Å². The van der Waals surface area contributed by atoms with Crippen LogP contribution in [0.1, 0.15) is 25.0 Å². The molecule has 0 amide bonds. The number of ether oxygens (including phenoxy) is 2. The molecule has 2 aromatic rings. The molecular formula is C17H23NO2S. The standard InChI is InChI=1S/C17H23NO2S/c1-3-18-12-15-6-5-7-16(19-4-2)17(15)20-10-8-14-9-11-21-13-14/h5-7,9,11,13,18H,3-4,8,10,12H2,1-2H3. The lowest BCUT2D eigenvalue weighted by molar-refractivity contribution is 0.276. The Balaban J connectivity index is 2.05. The van der Waals surface area contributed by atoms with Gasteiger partial charge in [0.1, 0.15) is 0 Å². The summed E-state index contributed by atoms with van der Waals surface area (Å²) in [6.07, 6.45) is 0.921. The van der Waals surface area contributed by atoms with Crippen molar-refractivity contribution >= 4 is 11.3 Å². The van der Waals surface area contributed by atoms with E-state index < -0.39 is 0 Å². The lowest BCUT2D eigenvalue weighted by Crippen LogP contribution is -2.14. The summed E-state index contributed by atoms with van der Waals surface area (Å²) < 4.78 is 11.7. The van der Waals surface area contributed by atoms with Crippen LogP contribution >= 0.6 is 11.3 Å². The molecule has 0 spiro atoms. The fourth-order valence-corrected chi connectivity index (χ4v) is 2.80. The summed E-state index contributed by atoms with van der Waals surface area (Å²) in [5.74, 6) is 1.70. The highest BCUT2D eigenvalue weighted by molar-refractivity contribution is 7.07. The van der Waals surface area contributed by atoms with Gasteiger partial charge in [0.15, 0.2) is 11.5 Å². The summed E-state index contributed by atoms with van der Waals surface area (Å²) in [5.41, 5.74) is 2.47. The lowest BCUT2D eigenvalue weighted by atomic mass is 10.1. The zero-order chi connectivity index (χ0) is 14.9. The Morgan fingerprint density at radius 1 is 1.14 bits per heavy atom. The van der Waals surface area contributed by atoms with E-state index in [2.05, 4.69) is 35.1 Å². The van der Waals surface area contributed by atoms with Crippen molar-refractivity contribution in [1.82, 2.24) is 5.32 Å². The highest BCUT2D eigenvalue weighted by Gasteiger charge is 2.10. The number of thiophene rings is 1. The third-order valence-electron chi connectivity index (χ3n) is 3.14. The maximum absolute atomic E-state index is 6.03. The van der Waals surface area contributed by atoms with Crippen molar-refractivity contribution < 1.29 is 9.47 Å². The first kappa shape index (κ1) is 15.9. The summed E-state index contributed by atoms with van der Waals surface area (Å²) in [6.45, 7) is 7.14. The van der Waals surface area contributed by atoms with Gasteiger partial charge < -0.3 is 14.8 Å². The molecule has 0 aliphatic rings. The highest BCUT2D eigenvalue weighted by Crippen LogP contribution is 2.31. The Morgan fingerprint density at radius 2 is 2.05 bits per heavy atom. The van der Waals surface area contributed by atoms with Crippen LogP contribution in [0, 0.1) is 0 Å². The number of hydrogen-bond acceptors (Lipinski definition) is 4. The minimum Gasteiger partial charge on any atom is -0.490 e. The van der Waals surface area contributed by atoms with Gasteiger partial charge in [0.2, 0.25) is 0 Å². The second-order valence-electron chi connectivity index (χ2n) is 4.69. The first-order chi connectivity index (χ1) is 10.3. The van der Waals surface area contributed by atoms with E-state index in [1.165, 1.54) is 5.56 Å². The molecule has 0 radical (unpaired) electrons. The van der Waals surface area contributed by atoms with Crippen molar-refractivity contribution in [1.29, 1.82) is 0 Å². The fraction of sp³-hybridized carbons (Fsp3) is 0.412. The molecule has 1 aromatic carbocycles.